The molecule has 8 nitrogen and oxygen atoms in total. The van der Waals surface area contributed by atoms with E-state index in [1.165, 1.54) is 0 Å². The molecule has 3 amide bonds. The summed E-state index contributed by atoms with van der Waals surface area (Å²) in [7, 11) is -0.0802. The number of urea groups is 1. The molecule has 0 spiro atoms. The number of ether oxygens (including phenoxy) is 1. The van der Waals surface area contributed by atoms with Crippen molar-refractivity contribution in [1.29, 1.82) is 0 Å². The first-order valence-corrected chi connectivity index (χ1v) is 11.7. The molecular weight excluding hydrogens is 433 g/mol. The van der Waals surface area contributed by atoms with E-state index in [2.05, 4.69) is 10.6 Å². The first kappa shape index (κ1) is 25.6. The number of fused-ring (bicyclic) bond motifs is 1. The maximum atomic E-state index is 13.2. The van der Waals surface area contributed by atoms with Crippen molar-refractivity contribution in [2.45, 2.75) is 51.6 Å². The van der Waals surface area contributed by atoms with Crippen molar-refractivity contribution in [2.24, 2.45) is 5.92 Å². The maximum Gasteiger partial charge on any atom is 0.475 e. The van der Waals surface area contributed by atoms with E-state index in [-0.39, 0.29) is 18.4 Å². The van der Waals surface area contributed by atoms with Gasteiger partial charge in [-0.1, -0.05) is 56.3 Å². The number of hydrogen-bond acceptors (Lipinski definition) is 5. The molecule has 0 saturated carbocycles. The summed E-state index contributed by atoms with van der Waals surface area (Å²) in [5.41, 5.74) is 3.00. The molecule has 0 aliphatic carbocycles. The van der Waals surface area contributed by atoms with E-state index in [1.54, 1.807) is 12.0 Å². The Morgan fingerprint density at radius 2 is 1.82 bits per heavy atom. The lowest BCUT2D eigenvalue weighted by molar-refractivity contribution is -0.123. The molecule has 3 rings (SSSR count). The van der Waals surface area contributed by atoms with Gasteiger partial charge in [-0.15, -0.1) is 0 Å². The Labute approximate surface area is 201 Å². The number of hydrogen-bond donors (Lipinski definition) is 4. The van der Waals surface area contributed by atoms with Crippen molar-refractivity contribution in [1.82, 2.24) is 15.5 Å². The third-order valence-corrected chi connectivity index (χ3v) is 6.05. The number of nitrogens with one attached hydrogen (secondary N) is 2. The van der Waals surface area contributed by atoms with Gasteiger partial charge < -0.3 is 30.3 Å². The lowest BCUT2D eigenvalue weighted by atomic mass is 9.75. The van der Waals surface area contributed by atoms with E-state index in [0.717, 1.165) is 22.4 Å². The van der Waals surface area contributed by atoms with E-state index in [1.807, 2.05) is 62.4 Å². The highest BCUT2D eigenvalue weighted by Gasteiger charge is 2.31. The van der Waals surface area contributed by atoms with Gasteiger partial charge in [-0.25, -0.2) is 4.79 Å². The van der Waals surface area contributed by atoms with Crippen LogP contribution in [-0.4, -0.2) is 59.6 Å². The van der Waals surface area contributed by atoms with Gasteiger partial charge in [0.1, 0.15) is 11.8 Å². The van der Waals surface area contributed by atoms with Crippen LogP contribution in [0, 0.1) is 5.92 Å². The van der Waals surface area contributed by atoms with Gasteiger partial charge in [-0.3, -0.25) is 4.79 Å². The minimum atomic E-state index is -1.69. The Morgan fingerprint density at radius 3 is 2.47 bits per heavy atom. The predicted molar refractivity (Wildman–Crippen MR) is 131 cm³/mol. The first-order valence-electron chi connectivity index (χ1n) is 11.7. The van der Waals surface area contributed by atoms with E-state index in [4.69, 9.17) is 4.74 Å². The number of carbonyl (C=O) groups excluding carboxylic acids is 2. The highest BCUT2D eigenvalue weighted by molar-refractivity contribution is 6.43. The fourth-order valence-electron chi connectivity index (χ4n) is 4.26. The standard InChI is InChI=1S/C25H34BN3O5/c1-17(2)14-23(26(32)33)28-24(30)21(15-18-8-5-4-6-9-18)27-25(31)29-13-12-19-10-7-11-22(34-3)20(19)16-29/h4-11,17,21,23,32-33H,12-16H2,1-3H3,(H,27,31)(H,28,30)/t21-,23-/m0/s1. The number of rotatable bonds is 9. The SMILES string of the molecule is COc1cccc2c1CN(C(=O)N[C@@H](Cc1ccccc1)C(=O)N[C@@H](CC(C)C)B(O)O)CC2. The lowest BCUT2D eigenvalue weighted by Crippen LogP contribution is -2.57. The van der Waals surface area contributed by atoms with Crippen LogP contribution in [0.1, 0.15) is 37.0 Å². The second-order valence-corrected chi connectivity index (χ2v) is 9.12. The normalized spacial score (nSPS) is 14.7. The molecule has 2 aromatic carbocycles. The van der Waals surface area contributed by atoms with Crippen molar-refractivity contribution in [2.75, 3.05) is 13.7 Å². The third-order valence-electron chi connectivity index (χ3n) is 6.05. The zero-order valence-electron chi connectivity index (χ0n) is 20.0. The number of benzene rings is 2. The zero-order chi connectivity index (χ0) is 24.7. The molecule has 4 N–H and O–H groups in total. The van der Waals surface area contributed by atoms with Crippen LogP contribution in [0.15, 0.2) is 48.5 Å². The molecule has 9 heteroatoms. The number of carbonyl (C=O) groups is 2. The van der Waals surface area contributed by atoms with Gasteiger partial charge in [0.25, 0.3) is 0 Å². The molecule has 0 unspecified atom stereocenters. The average molecular weight is 467 g/mol. The largest absolute Gasteiger partial charge is 0.496 e. The Hall–Kier alpha value is -3.04. The van der Waals surface area contributed by atoms with E-state index >= 15 is 0 Å². The topological polar surface area (TPSA) is 111 Å². The summed E-state index contributed by atoms with van der Waals surface area (Å²) in [5.74, 6) is -0.389. The highest BCUT2D eigenvalue weighted by atomic mass is 16.5. The molecule has 182 valence electrons. The maximum absolute atomic E-state index is 13.2. The molecule has 34 heavy (non-hydrogen) atoms. The summed E-state index contributed by atoms with van der Waals surface area (Å²) in [6.07, 6.45) is 1.38. The number of nitrogens with zero attached hydrogens (tertiary/aromatic N) is 1. The zero-order valence-corrected chi connectivity index (χ0v) is 20.0. The van der Waals surface area contributed by atoms with Crippen LogP contribution >= 0.6 is 0 Å². The van der Waals surface area contributed by atoms with Crippen molar-refractivity contribution >= 4 is 19.1 Å². The Kier molecular flexibility index (Phi) is 8.95. The fraction of sp³-hybridized carbons (Fsp3) is 0.440. The first-order chi connectivity index (χ1) is 16.3. The summed E-state index contributed by atoms with van der Waals surface area (Å²) < 4.78 is 5.47. The van der Waals surface area contributed by atoms with Crippen LogP contribution in [0.25, 0.3) is 0 Å². The summed E-state index contributed by atoms with van der Waals surface area (Å²) in [5, 5.41) is 25.1. The molecule has 0 bridgehead atoms. The Balaban J connectivity index is 1.75. The van der Waals surface area contributed by atoms with Crippen molar-refractivity contribution in [3.63, 3.8) is 0 Å². The molecule has 1 aliphatic heterocycles. The number of amides is 3. The Morgan fingerprint density at radius 1 is 1.09 bits per heavy atom. The Bertz CT molecular complexity index is 956. The molecule has 0 fully saturated rings. The van der Waals surface area contributed by atoms with Gasteiger partial charge in [-0.2, -0.15) is 0 Å². The monoisotopic (exact) mass is 467 g/mol. The summed E-state index contributed by atoms with van der Waals surface area (Å²) in [6, 6.07) is 14.0. The molecular formula is C25H34BN3O5. The summed E-state index contributed by atoms with van der Waals surface area (Å²) in [6.45, 7) is 4.79. The van der Waals surface area contributed by atoms with E-state index in [9.17, 15) is 19.6 Å². The molecule has 1 aliphatic rings. The molecule has 2 aromatic rings. The average Bonchev–Trinajstić information content (AvgIpc) is 2.82. The van der Waals surface area contributed by atoms with E-state index < -0.39 is 25.0 Å². The van der Waals surface area contributed by atoms with Crippen molar-refractivity contribution in [3.8, 4) is 5.75 Å². The van der Waals surface area contributed by atoms with Crippen LogP contribution in [-0.2, 0) is 24.2 Å². The van der Waals surface area contributed by atoms with Crippen molar-refractivity contribution < 1.29 is 24.4 Å². The highest BCUT2D eigenvalue weighted by Crippen LogP contribution is 2.28. The quantitative estimate of drug-likeness (QED) is 0.421. The second kappa shape index (κ2) is 11.9. The number of methoxy groups -OCH3 is 1. The molecule has 0 radical (unpaired) electrons. The smallest absolute Gasteiger partial charge is 0.475 e. The molecule has 0 saturated heterocycles. The van der Waals surface area contributed by atoms with E-state index in [0.29, 0.717) is 25.9 Å². The van der Waals surface area contributed by atoms with Gasteiger partial charge in [0.05, 0.1) is 19.6 Å². The lowest BCUT2D eigenvalue weighted by Gasteiger charge is -2.32. The molecule has 2 atom stereocenters. The van der Waals surface area contributed by atoms with Crippen LogP contribution in [0.4, 0.5) is 4.79 Å². The minimum absolute atomic E-state index is 0.151. The van der Waals surface area contributed by atoms with Crippen LogP contribution in [0.3, 0.4) is 0 Å². The van der Waals surface area contributed by atoms with Gasteiger partial charge >= 0.3 is 13.1 Å². The molecule has 1 heterocycles. The fourth-order valence-corrected chi connectivity index (χ4v) is 4.26. The minimum Gasteiger partial charge on any atom is -0.496 e. The summed E-state index contributed by atoms with van der Waals surface area (Å²) >= 11 is 0. The van der Waals surface area contributed by atoms with Crippen LogP contribution < -0.4 is 15.4 Å². The van der Waals surface area contributed by atoms with Gasteiger partial charge in [0.15, 0.2) is 0 Å². The summed E-state index contributed by atoms with van der Waals surface area (Å²) in [4.78, 5) is 28.0. The molecule has 0 aromatic heterocycles. The second-order valence-electron chi connectivity index (χ2n) is 9.12. The third kappa shape index (κ3) is 6.74. The van der Waals surface area contributed by atoms with Gasteiger partial charge in [0, 0.05) is 18.5 Å². The predicted octanol–water partition coefficient (Wildman–Crippen LogP) is 1.92. The van der Waals surface area contributed by atoms with Gasteiger partial charge in [-0.05, 0) is 36.0 Å². The van der Waals surface area contributed by atoms with Crippen molar-refractivity contribution in [3.05, 3.63) is 65.2 Å². The van der Waals surface area contributed by atoms with Crippen LogP contribution in [0.5, 0.6) is 5.75 Å². The van der Waals surface area contributed by atoms with Gasteiger partial charge in [0.2, 0.25) is 5.91 Å². The van der Waals surface area contributed by atoms with Crippen LogP contribution in [0.2, 0.25) is 0 Å².